The van der Waals surface area contributed by atoms with Gasteiger partial charge in [-0.2, -0.15) is 0 Å². The fourth-order valence-electron chi connectivity index (χ4n) is 7.68. The van der Waals surface area contributed by atoms with Crippen LogP contribution in [-0.4, -0.2) is 0 Å². The van der Waals surface area contributed by atoms with Crippen molar-refractivity contribution in [3.63, 3.8) is 0 Å². The van der Waals surface area contributed by atoms with E-state index in [0.29, 0.717) is 22.3 Å². The van der Waals surface area contributed by atoms with Crippen LogP contribution in [0, 0.1) is 0 Å². The summed E-state index contributed by atoms with van der Waals surface area (Å²) in [5, 5.41) is -1.01. The minimum Gasteiger partial charge on any atom is -0.0622 e. The van der Waals surface area contributed by atoms with Gasteiger partial charge in [0.15, 0.2) is 0 Å². The molecule has 238 valence electrons. The first kappa shape index (κ1) is 16.5. The molecule has 1 atom stereocenters. The SMILES string of the molecule is [2H]c1c([2H])c([2H])c(-c2c3c([2H])c([2H])c([2H])c([2H])c3c(-c3ccc(-c4ccc5c(c4)C(c4ccccc4)(c4c([2H])c([2H])c([2H])c([2H])c4[2H])c4ccccc4-5)cc3)c3c([2H])c([2H])c([2H])c([2H])c23)c([2H])c1[2H]. The second-order valence-corrected chi connectivity index (χ2v) is 12.2. The quantitative estimate of drug-likeness (QED) is 0.161. The van der Waals surface area contributed by atoms with E-state index in [1.54, 1.807) is 24.3 Å². The van der Waals surface area contributed by atoms with Gasteiger partial charge in [-0.1, -0.05) is 200 Å². The Kier molecular flexibility index (Phi) is 3.82. The molecule has 10 rings (SSSR count). The average molecular weight is 665 g/mol. The molecule has 0 saturated heterocycles. The van der Waals surface area contributed by atoms with Crippen molar-refractivity contribution in [1.29, 1.82) is 0 Å². The molecule has 9 aromatic rings. The van der Waals surface area contributed by atoms with Crippen LogP contribution in [0.4, 0.5) is 0 Å². The second-order valence-electron chi connectivity index (χ2n) is 12.2. The molecule has 0 spiro atoms. The zero-order valence-corrected chi connectivity index (χ0v) is 26.7. The van der Waals surface area contributed by atoms with Gasteiger partial charge in [-0.3, -0.25) is 0 Å². The third-order valence-electron chi connectivity index (χ3n) is 9.76. The monoisotopic (exact) mass is 664 g/mol. The van der Waals surface area contributed by atoms with E-state index in [1.165, 1.54) is 0 Å². The first-order valence-electron chi connectivity index (χ1n) is 25.3. The predicted molar refractivity (Wildman–Crippen MR) is 215 cm³/mol. The molecule has 0 aromatic heterocycles. The normalized spacial score (nSPS) is 19.7. The first-order valence-corrected chi connectivity index (χ1v) is 16.3. The molecular weight excluding hydrogens is 613 g/mol. The third kappa shape index (κ3) is 4.47. The molecule has 0 amide bonds. The highest BCUT2D eigenvalue weighted by Gasteiger charge is 2.46. The maximum absolute atomic E-state index is 9.31. The van der Waals surface area contributed by atoms with Crippen molar-refractivity contribution in [2.75, 3.05) is 0 Å². The van der Waals surface area contributed by atoms with Gasteiger partial charge >= 0.3 is 0 Å². The van der Waals surface area contributed by atoms with Gasteiger partial charge in [0.25, 0.3) is 0 Å². The Labute approximate surface area is 324 Å². The van der Waals surface area contributed by atoms with Crippen molar-refractivity contribution in [1.82, 2.24) is 0 Å². The first-order chi connectivity index (χ1) is 32.8. The van der Waals surface area contributed by atoms with Gasteiger partial charge in [0.2, 0.25) is 0 Å². The third-order valence-corrected chi connectivity index (χ3v) is 9.76. The predicted octanol–water partition coefficient (Wildman–Crippen LogP) is 13.4. The van der Waals surface area contributed by atoms with E-state index in [1.807, 2.05) is 72.8 Å². The summed E-state index contributed by atoms with van der Waals surface area (Å²) < 4.78 is 160. The van der Waals surface area contributed by atoms with Crippen LogP contribution in [0.3, 0.4) is 0 Å². The van der Waals surface area contributed by atoms with Crippen LogP contribution in [0.25, 0.3) is 66.1 Å². The van der Waals surface area contributed by atoms with Crippen molar-refractivity contribution >= 4 is 21.5 Å². The molecule has 0 heteroatoms. The zero-order chi connectivity index (χ0) is 49.4. The summed E-state index contributed by atoms with van der Waals surface area (Å²) in [7, 11) is 0. The Balaban J connectivity index is 1.27. The van der Waals surface area contributed by atoms with Gasteiger partial charge in [0.05, 0.1) is 30.1 Å². The smallest absolute Gasteiger partial charge is 0.0622 e. The maximum atomic E-state index is 9.31. The fraction of sp³-hybridized carbons (Fsp3) is 0.0196. The lowest BCUT2D eigenvalue weighted by Gasteiger charge is -2.34. The molecule has 0 nitrogen and oxygen atoms in total. The summed E-state index contributed by atoms with van der Waals surface area (Å²) in [4.78, 5) is 0. The van der Waals surface area contributed by atoms with Crippen molar-refractivity contribution in [3.05, 3.63) is 228 Å². The van der Waals surface area contributed by atoms with Gasteiger partial charge in [-0.05, 0) is 94.4 Å². The van der Waals surface area contributed by atoms with Gasteiger partial charge in [0.1, 0.15) is 0 Å². The standard InChI is InChI=1S/C51H34/c1-4-16-36(17-5-1)49-43-23-10-12-25-45(43)50(46-26-13-11-24-44(46)49)37-30-28-35(29-31-37)38-32-33-42-41-22-14-15-27-47(41)51(48(42)34-38,39-18-6-2-7-19-39)40-20-8-3-9-21-40/h1-34H/i1D,2D,4D,5D,6D,7D,10D,11D,12D,13D,16D,17D,18D,19D,23D,24D,25D,26D. The van der Waals surface area contributed by atoms with Gasteiger partial charge in [-0.25, -0.2) is 0 Å². The highest BCUT2D eigenvalue weighted by atomic mass is 14.5. The Morgan fingerprint density at radius 1 is 0.333 bits per heavy atom. The molecule has 9 aromatic carbocycles. The number of rotatable bonds is 5. The fourth-order valence-corrected chi connectivity index (χ4v) is 7.68. The minimum absolute atomic E-state index is 0.00430. The lowest BCUT2D eigenvalue weighted by Crippen LogP contribution is -2.28. The van der Waals surface area contributed by atoms with E-state index >= 15 is 0 Å². The molecule has 0 bridgehead atoms. The Hall–Kier alpha value is -6.50. The lowest BCUT2D eigenvalue weighted by molar-refractivity contribution is 0.769. The van der Waals surface area contributed by atoms with Crippen molar-refractivity contribution < 1.29 is 24.7 Å². The van der Waals surface area contributed by atoms with E-state index in [4.69, 9.17) is 16.4 Å². The molecule has 0 heterocycles. The number of hydrogen-bond donors (Lipinski definition) is 0. The van der Waals surface area contributed by atoms with Crippen LogP contribution in [0.1, 0.15) is 46.9 Å². The van der Waals surface area contributed by atoms with E-state index in [0.717, 1.165) is 16.7 Å². The largest absolute Gasteiger partial charge is 0.0713 e. The van der Waals surface area contributed by atoms with Crippen molar-refractivity contribution in [2.24, 2.45) is 0 Å². The summed E-state index contributed by atoms with van der Waals surface area (Å²) >= 11 is 0. The molecule has 1 aliphatic carbocycles. The molecule has 0 aliphatic heterocycles. The van der Waals surface area contributed by atoms with Crippen molar-refractivity contribution in [2.45, 2.75) is 5.41 Å². The number of hydrogen-bond acceptors (Lipinski definition) is 0. The van der Waals surface area contributed by atoms with E-state index in [2.05, 4.69) is 0 Å². The molecule has 0 fully saturated rings. The molecule has 51 heavy (non-hydrogen) atoms. The van der Waals surface area contributed by atoms with E-state index in [9.17, 15) is 8.22 Å². The van der Waals surface area contributed by atoms with Crippen LogP contribution < -0.4 is 0 Å². The van der Waals surface area contributed by atoms with Gasteiger partial charge in [0, 0.05) is 0 Å². The second kappa shape index (κ2) is 11.8. The van der Waals surface area contributed by atoms with Crippen molar-refractivity contribution in [3.8, 4) is 44.5 Å². The van der Waals surface area contributed by atoms with Crippen LogP contribution in [0.2, 0.25) is 0 Å². The molecule has 0 saturated carbocycles. The minimum atomic E-state index is -1.39. The van der Waals surface area contributed by atoms with Crippen LogP contribution in [-0.2, 0) is 5.41 Å². The zero-order valence-electron chi connectivity index (χ0n) is 44.7. The summed E-state index contributed by atoms with van der Waals surface area (Å²) in [5.74, 6) is 0. The highest BCUT2D eigenvalue weighted by Crippen LogP contribution is 2.56. The Morgan fingerprint density at radius 2 is 0.824 bits per heavy atom. The van der Waals surface area contributed by atoms with E-state index < -0.39 is 108 Å². The summed E-state index contributed by atoms with van der Waals surface area (Å²) in [5.41, 5.74) is 3.00. The Bertz CT molecular complexity index is 3620. The highest BCUT2D eigenvalue weighted by molar-refractivity contribution is 6.21. The molecule has 1 aliphatic rings. The van der Waals surface area contributed by atoms with Crippen LogP contribution >= 0.6 is 0 Å². The number of benzene rings is 9. The summed E-state index contributed by atoms with van der Waals surface area (Å²) in [6.45, 7) is 0. The maximum Gasteiger partial charge on any atom is 0.0713 e. The molecule has 1 unspecified atom stereocenters. The number of fused-ring (bicyclic) bond motifs is 5. The summed E-state index contributed by atoms with van der Waals surface area (Å²) in [6, 6.07) is 18.2. The molecular formula is C51H34. The average Bonchev–Trinajstić information content (AvgIpc) is 3.65. The van der Waals surface area contributed by atoms with Crippen LogP contribution in [0.15, 0.2) is 206 Å². The van der Waals surface area contributed by atoms with E-state index in [-0.39, 0.29) is 55.9 Å². The molecule has 0 radical (unpaired) electrons. The van der Waals surface area contributed by atoms with Crippen LogP contribution in [0.5, 0.6) is 0 Å². The lowest BCUT2D eigenvalue weighted by atomic mass is 9.67. The van der Waals surface area contributed by atoms with Gasteiger partial charge in [-0.15, -0.1) is 0 Å². The summed E-state index contributed by atoms with van der Waals surface area (Å²) in [6.07, 6.45) is 0. The topological polar surface area (TPSA) is 0 Å². The Morgan fingerprint density at radius 3 is 1.47 bits per heavy atom. The molecule has 0 N–H and O–H groups in total. The van der Waals surface area contributed by atoms with Gasteiger partial charge < -0.3 is 0 Å².